The number of allylic oxidation sites excluding steroid dienone is 1. The lowest BCUT2D eigenvalue weighted by Crippen LogP contribution is -1.98. The zero-order valence-corrected chi connectivity index (χ0v) is 6.77. The molecule has 3 heteroatoms. The third kappa shape index (κ3) is 2.17. The molecule has 0 bridgehead atoms. The van der Waals surface area contributed by atoms with E-state index in [1.54, 1.807) is 36.4 Å². The number of nitriles is 1. The summed E-state index contributed by atoms with van der Waals surface area (Å²) >= 11 is 0. The van der Waals surface area contributed by atoms with Crippen molar-refractivity contribution in [2.24, 2.45) is 0 Å². The zero-order valence-electron chi connectivity index (χ0n) is 6.77. The second kappa shape index (κ2) is 4.07. The molecule has 0 spiro atoms. The second-order valence-electron chi connectivity index (χ2n) is 2.36. The standard InChI is InChI=1S/C10H7NO2/c11-7-6-9(10(12)13)8-4-2-1-3-5-8/h1-6H,(H,12,13). The van der Waals surface area contributed by atoms with Crippen LogP contribution in [0.25, 0.3) is 5.57 Å². The Morgan fingerprint density at radius 1 is 1.38 bits per heavy atom. The van der Waals surface area contributed by atoms with Gasteiger partial charge in [0.05, 0.1) is 11.6 Å². The van der Waals surface area contributed by atoms with Gasteiger partial charge in [-0.05, 0) is 5.56 Å². The Balaban J connectivity index is 3.13. The summed E-state index contributed by atoms with van der Waals surface area (Å²) in [5, 5.41) is 17.1. The predicted molar refractivity (Wildman–Crippen MR) is 47.7 cm³/mol. The first-order chi connectivity index (χ1) is 6.25. The Hall–Kier alpha value is -2.08. The number of benzene rings is 1. The van der Waals surface area contributed by atoms with E-state index < -0.39 is 5.97 Å². The largest absolute Gasteiger partial charge is 0.478 e. The molecule has 0 heterocycles. The van der Waals surface area contributed by atoms with E-state index in [0.717, 1.165) is 6.08 Å². The summed E-state index contributed by atoms with van der Waals surface area (Å²) in [5.74, 6) is -1.09. The smallest absolute Gasteiger partial charge is 0.337 e. The minimum absolute atomic E-state index is 0.0168. The average molecular weight is 173 g/mol. The van der Waals surface area contributed by atoms with Crippen molar-refractivity contribution < 1.29 is 9.90 Å². The molecule has 0 amide bonds. The Kier molecular flexibility index (Phi) is 2.82. The molecule has 0 atom stereocenters. The molecule has 0 saturated heterocycles. The van der Waals surface area contributed by atoms with Crippen LogP contribution in [0.15, 0.2) is 36.4 Å². The van der Waals surface area contributed by atoms with Crippen LogP contribution in [0.4, 0.5) is 0 Å². The van der Waals surface area contributed by atoms with Gasteiger partial charge in [-0.3, -0.25) is 0 Å². The molecule has 0 aliphatic carbocycles. The number of carboxylic acids is 1. The fraction of sp³-hybridized carbons (Fsp3) is 0. The van der Waals surface area contributed by atoms with E-state index in [-0.39, 0.29) is 5.57 Å². The number of carboxylic acid groups (broad SMARTS) is 1. The first-order valence-electron chi connectivity index (χ1n) is 3.64. The van der Waals surface area contributed by atoms with E-state index >= 15 is 0 Å². The van der Waals surface area contributed by atoms with Crippen molar-refractivity contribution in [1.29, 1.82) is 5.26 Å². The molecule has 0 saturated carbocycles. The van der Waals surface area contributed by atoms with Gasteiger partial charge in [0.15, 0.2) is 0 Å². The Morgan fingerprint density at radius 3 is 2.46 bits per heavy atom. The highest BCUT2D eigenvalue weighted by Gasteiger charge is 2.08. The van der Waals surface area contributed by atoms with E-state index in [9.17, 15) is 4.79 Å². The van der Waals surface area contributed by atoms with Gasteiger partial charge in [0.2, 0.25) is 0 Å². The van der Waals surface area contributed by atoms with Gasteiger partial charge >= 0.3 is 5.97 Å². The van der Waals surface area contributed by atoms with Gasteiger partial charge in [0.25, 0.3) is 0 Å². The Morgan fingerprint density at radius 2 is 2.00 bits per heavy atom. The molecular formula is C10H7NO2. The fourth-order valence-corrected chi connectivity index (χ4v) is 0.951. The van der Waals surface area contributed by atoms with E-state index in [1.165, 1.54) is 0 Å². The molecule has 1 rings (SSSR count). The lowest BCUT2D eigenvalue weighted by Gasteiger charge is -1.98. The van der Waals surface area contributed by atoms with Gasteiger partial charge in [0.1, 0.15) is 0 Å². The molecule has 13 heavy (non-hydrogen) atoms. The monoisotopic (exact) mass is 173 g/mol. The van der Waals surface area contributed by atoms with Crippen molar-refractivity contribution in [2.45, 2.75) is 0 Å². The summed E-state index contributed by atoms with van der Waals surface area (Å²) in [6, 6.07) is 10.2. The zero-order chi connectivity index (χ0) is 9.68. The minimum Gasteiger partial charge on any atom is -0.478 e. The summed E-state index contributed by atoms with van der Waals surface area (Å²) in [5.41, 5.74) is 0.555. The van der Waals surface area contributed by atoms with Crippen LogP contribution in [-0.2, 0) is 4.79 Å². The Labute approximate surface area is 75.5 Å². The summed E-state index contributed by atoms with van der Waals surface area (Å²) in [7, 11) is 0. The molecule has 1 aromatic carbocycles. The van der Waals surface area contributed by atoms with Gasteiger partial charge < -0.3 is 5.11 Å². The van der Waals surface area contributed by atoms with E-state index in [4.69, 9.17) is 10.4 Å². The van der Waals surface area contributed by atoms with Crippen molar-refractivity contribution in [2.75, 3.05) is 0 Å². The molecular weight excluding hydrogens is 166 g/mol. The molecule has 1 N–H and O–H groups in total. The molecule has 0 fully saturated rings. The second-order valence-corrected chi connectivity index (χ2v) is 2.36. The number of rotatable bonds is 2. The van der Waals surface area contributed by atoms with Crippen molar-refractivity contribution >= 4 is 11.5 Å². The summed E-state index contributed by atoms with van der Waals surface area (Å²) in [4.78, 5) is 10.7. The van der Waals surface area contributed by atoms with Crippen LogP contribution in [0.2, 0.25) is 0 Å². The van der Waals surface area contributed by atoms with Crippen LogP contribution in [-0.4, -0.2) is 11.1 Å². The maximum atomic E-state index is 10.7. The quantitative estimate of drug-likeness (QED) is 0.546. The normalized spacial score (nSPS) is 10.5. The number of aliphatic carboxylic acids is 1. The number of carbonyl (C=O) groups is 1. The first kappa shape index (κ1) is 9.01. The number of hydrogen-bond donors (Lipinski definition) is 1. The number of nitrogens with zero attached hydrogens (tertiary/aromatic N) is 1. The summed E-state index contributed by atoms with van der Waals surface area (Å²) < 4.78 is 0. The molecule has 64 valence electrons. The lowest BCUT2D eigenvalue weighted by molar-refractivity contribution is -0.130. The molecule has 0 aromatic heterocycles. The molecule has 3 nitrogen and oxygen atoms in total. The molecule has 1 aromatic rings. The fourth-order valence-electron chi connectivity index (χ4n) is 0.951. The van der Waals surface area contributed by atoms with Crippen molar-refractivity contribution in [3.8, 4) is 6.07 Å². The Bertz CT molecular complexity index is 374. The highest BCUT2D eigenvalue weighted by Crippen LogP contribution is 2.13. The molecule has 0 radical (unpaired) electrons. The molecule has 0 aliphatic heterocycles. The van der Waals surface area contributed by atoms with Crippen molar-refractivity contribution in [3.63, 3.8) is 0 Å². The van der Waals surface area contributed by atoms with Crippen LogP contribution < -0.4 is 0 Å². The van der Waals surface area contributed by atoms with Gasteiger partial charge in [-0.1, -0.05) is 30.3 Å². The van der Waals surface area contributed by atoms with E-state index in [1.807, 2.05) is 0 Å². The van der Waals surface area contributed by atoms with Crippen molar-refractivity contribution in [1.82, 2.24) is 0 Å². The molecule has 0 unspecified atom stereocenters. The number of hydrogen-bond acceptors (Lipinski definition) is 2. The summed E-state index contributed by atoms with van der Waals surface area (Å²) in [6.45, 7) is 0. The van der Waals surface area contributed by atoms with Crippen LogP contribution in [0.5, 0.6) is 0 Å². The third-order valence-corrected chi connectivity index (χ3v) is 1.52. The lowest BCUT2D eigenvalue weighted by atomic mass is 10.1. The minimum atomic E-state index is -1.09. The highest BCUT2D eigenvalue weighted by atomic mass is 16.4. The summed E-state index contributed by atoms with van der Waals surface area (Å²) in [6.07, 6.45) is 1.03. The van der Waals surface area contributed by atoms with Crippen LogP contribution in [0.1, 0.15) is 5.56 Å². The molecule has 0 aliphatic rings. The van der Waals surface area contributed by atoms with Crippen LogP contribution in [0, 0.1) is 11.3 Å². The van der Waals surface area contributed by atoms with Crippen LogP contribution >= 0.6 is 0 Å². The average Bonchev–Trinajstić information content (AvgIpc) is 2.15. The topological polar surface area (TPSA) is 61.1 Å². The maximum absolute atomic E-state index is 10.7. The first-order valence-corrected chi connectivity index (χ1v) is 3.64. The SMILES string of the molecule is N#CC=C(C(=O)O)c1ccccc1. The maximum Gasteiger partial charge on any atom is 0.337 e. The third-order valence-electron chi connectivity index (χ3n) is 1.52. The van der Waals surface area contributed by atoms with Gasteiger partial charge in [-0.25, -0.2) is 4.79 Å². The van der Waals surface area contributed by atoms with E-state index in [2.05, 4.69) is 0 Å². The van der Waals surface area contributed by atoms with Gasteiger partial charge in [-0.2, -0.15) is 5.26 Å². The predicted octanol–water partition coefficient (Wildman–Crippen LogP) is 1.68. The van der Waals surface area contributed by atoms with Gasteiger partial charge in [0, 0.05) is 6.08 Å². The van der Waals surface area contributed by atoms with E-state index in [0.29, 0.717) is 5.56 Å². The van der Waals surface area contributed by atoms with Gasteiger partial charge in [-0.15, -0.1) is 0 Å². The van der Waals surface area contributed by atoms with Crippen molar-refractivity contribution in [3.05, 3.63) is 42.0 Å². The van der Waals surface area contributed by atoms with Crippen LogP contribution in [0.3, 0.4) is 0 Å². The highest BCUT2D eigenvalue weighted by molar-refractivity contribution is 6.15.